The highest BCUT2D eigenvalue weighted by atomic mass is 32.1. The minimum atomic E-state index is -0.604. The highest BCUT2D eigenvalue weighted by Crippen LogP contribution is 2.24. The quantitative estimate of drug-likeness (QED) is 0.598. The van der Waals surface area contributed by atoms with Crippen LogP contribution in [0.4, 0.5) is 5.00 Å². The van der Waals surface area contributed by atoms with Gasteiger partial charge in [0.1, 0.15) is 0 Å². The lowest BCUT2D eigenvalue weighted by molar-refractivity contribution is -0.380. The van der Waals surface area contributed by atoms with E-state index in [1.807, 2.05) is 0 Å². The Morgan fingerprint density at radius 1 is 1.67 bits per heavy atom. The van der Waals surface area contributed by atoms with Gasteiger partial charge in [0.2, 0.25) is 0 Å². The molecule has 8 heteroatoms. The van der Waals surface area contributed by atoms with Gasteiger partial charge in [-0.05, 0) is 0 Å². The van der Waals surface area contributed by atoms with Crippen molar-refractivity contribution in [3.05, 3.63) is 27.1 Å². The molecule has 0 aromatic carbocycles. The van der Waals surface area contributed by atoms with Crippen molar-refractivity contribution in [1.29, 1.82) is 0 Å². The average Bonchev–Trinajstić information content (AvgIpc) is 2.95. The minimum absolute atomic E-state index is 0.0585. The highest BCUT2D eigenvalue weighted by molar-refractivity contribution is 7.13. The zero-order chi connectivity index (χ0) is 13.3. The molecule has 18 heavy (non-hydrogen) atoms. The number of nitro groups is 1. The van der Waals surface area contributed by atoms with Gasteiger partial charge in [0.25, 0.3) is 5.91 Å². The molecular formula is C10H13N3O4S. The van der Waals surface area contributed by atoms with Crippen molar-refractivity contribution >= 4 is 22.2 Å². The molecule has 7 nitrogen and oxygen atoms in total. The monoisotopic (exact) mass is 271 g/mol. The molecule has 0 aliphatic carbocycles. The normalized spacial score (nSPS) is 23.0. The molecule has 1 fully saturated rings. The summed E-state index contributed by atoms with van der Waals surface area (Å²) in [6.45, 7) is 0.974. The molecule has 0 bridgehead atoms. The van der Waals surface area contributed by atoms with Gasteiger partial charge in [-0.1, -0.05) is 11.3 Å². The molecule has 2 atom stereocenters. The zero-order valence-electron chi connectivity index (χ0n) is 9.70. The molecule has 2 heterocycles. The van der Waals surface area contributed by atoms with E-state index >= 15 is 0 Å². The van der Waals surface area contributed by atoms with Gasteiger partial charge in [-0.15, -0.1) is 0 Å². The number of thiophene rings is 1. The van der Waals surface area contributed by atoms with Crippen molar-refractivity contribution in [2.24, 2.45) is 0 Å². The summed E-state index contributed by atoms with van der Waals surface area (Å²) in [4.78, 5) is 23.5. The second-order valence-electron chi connectivity index (χ2n) is 4.14. The second-order valence-corrected chi connectivity index (χ2v) is 5.03. The SMILES string of the molecule is CN(C(=O)c1csc([N+](=O)[O-])c1)[C@@H]1CNC[C@H]1O. The van der Waals surface area contributed by atoms with Crippen LogP contribution in [0.2, 0.25) is 0 Å². The lowest BCUT2D eigenvalue weighted by Crippen LogP contribution is -2.44. The molecule has 0 radical (unpaired) electrons. The van der Waals surface area contributed by atoms with E-state index in [0.717, 1.165) is 11.3 Å². The number of nitrogens with one attached hydrogen (secondary N) is 1. The van der Waals surface area contributed by atoms with Crippen molar-refractivity contribution < 1.29 is 14.8 Å². The molecule has 2 rings (SSSR count). The molecule has 1 aliphatic heterocycles. The first-order valence-electron chi connectivity index (χ1n) is 5.39. The molecular weight excluding hydrogens is 258 g/mol. The fourth-order valence-electron chi connectivity index (χ4n) is 1.93. The smallest absolute Gasteiger partial charge is 0.324 e. The number of rotatable bonds is 3. The van der Waals surface area contributed by atoms with E-state index in [9.17, 15) is 20.0 Å². The third-order valence-electron chi connectivity index (χ3n) is 2.98. The van der Waals surface area contributed by atoms with Crippen LogP contribution in [-0.2, 0) is 0 Å². The number of β-amino-alcohol motifs (C(OH)–C–C–N with tert-alkyl or cyclic N) is 1. The molecule has 1 saturated heterocycles. The van der Waals surface area contributed by atoms with Gasteiger partial charge in [0.05, 0.1) is 22.6 Å². The van der Waals surface area contributed by atoms with Crippen LogP contribution in [0.15, 0.2) is 11.4 Å². The first-order chi connectivity index (χ1) is 8.50. The molecule has 1 amide bonds. The Labute approximate surface area is 107 Å². The highest BCUT2D eigenvalue weighted by Gasteiger charge is 2.32. The fourth-order valence-corrected chi connectivity index (χ4v) is 2.63. The van der Waals surface area contributed by atoms with Crippen LogP contribution < -0.4 is 5.32 Å². The number of hydrogen-bond donors (Lipinski definition) is 2. The molecule has 98 valence electrons. The molecule has 0 spiro atoms. The summed E-state index contributed by atoms with van der Waals surface area (Å²) in [7, 11) is 1.59. The summed E-state index contributed by atoms with van der Waals surface area (Å²) in [5.74, 6) is -0.313. The van der Waals surface area contributed by atoms with E-state index in [1.165, 1.54) is 16.3 Å². The van der Waals surface area contributed by atoms with E-state index in [2.05, 4.69) is 5.32 Å². The summed E-state index contributed by atoms with van der Waals surface area (Å²) in [5, 5.41) is 24.6. The van der Waals surface area contributed by atoms with Crippen LogP contribution in [-0.4, -0.2) is 53.1 Å². The summed E-state index contributed by atoms with van der Waals surface area (Å²) >= 11 is 0.922. The zero-order valence-corrected chi connectivity index (χ0v) is 10.5. The van der Waals surface area contributed by atoms with Crippen LogP contribution in [0.1, 0.15) is 10.4 Å². The Bertz CT molecular complexity index is 475. The molecule has 1 aromatic heterocycles. The van der Waals surface area contributed by atoms with E-state index < -0.39 is 11.0 Å². The summed E-state index contributed by atoms with van der Waals surface area (Å²) in [6.07, 6.45) is -0.604. The Kier molecular flexibility index (Phi) is 3.60. The summed E-state index contributed by atoms with van der Waals surface area (Å²) in [6, 6.07) is 0.967. The van der Waals surface area contributed by atoms with Gasteiger partial charge >= 0.3 is 5.00 Å². The third-order valence-corrected chi connectivity index (χ3v) is 3.86. The van der Waals surface area contributed by atoms with Gasteiger partial charge in [-0.25, -0.2) is 0 Å². The Morgan fingerprint density at radius 2 is 2.39 bits per heavy atom. The largest absolute Gasteiger partial charge is 0.390 e. The van der Waals surface area contributed by atoms with Gasteiger partial charge in [-0.3, -0.25) is 14.9 Å². The van der Waals surface area contributed by atoms with E-state index in [-0.39, 0.29) is 22.5 Å². The molecule has 1 aromatic rings. The summed E-state index contributed by atoms with van der Waals surface area (Å²) in [5.41, 5.74) is 0.285. The predicted octanol–water partition coefficient (Wildman–Crippen LogP) is 0.0610. The van der Waals surface area contributed by atoms with Crippen LogP contribution in [0, 0.1) is 10.1 Å². The maximum Gasteiger partial charge on any atom is 0.324 e. The number of aliphatic hydroxyl groups is 1. The maximum atomic E-state index is 12.1. The van der Waals surface area contributed by atoms with E-state index in [1.54, 1.807) is 7.05 Å². The first-order valence-corrected chi connectivity index (χ1v) is 6.27. The van der Waals surface area contributed by atoms with Crippen LogP contribution >= 0.6 is 11.3 Å². The third kappa shape index (κ3) is 2.35. The standard InChI is InChI=1S/C10H13N3O4S/c1-12(7-3-11-4-8(7)14)10(15)6-2-9(13(16)17)18-5-6/h2,5,7-8,11,14H,3-4H2,1H3/t7-,8-/m1/s1. The molecule has 2 N–H and O–H groups in total. The second kappa shape index (κ2) is 5.01. The Balaban J connectivity index is 2.12. The number of amides is 1. The number of likely N-dealkylation sites (N-methyl/N-ethyl adjacent to an activating group) is 1. The number of carbonyl (C=O) groups excluding carboxylic acids is 1. The van der Waals surface area contributed by atoms with Crippen LogP contribution in [0.3, 0.4) is 0 Å². The number of nitrogens with zero attached hydrogens (tertiary/aromatic N) is 2. The van der Waals surface area contributed by atoms with Crippen LogP contribution in [0.5, 0.6) is 0 Å². The van der Waals surface area contributed by atoms with Crippen LogP contribution in [0.25, 0.3) is 0 Å². The number of aliphatic hydroxyl groups excluding tert-OH is 1. The Hall–Kier alpha value is -1.51. The lowest BCUT2D eigenvalue weighted by Gasteiger charge is -2.25. The van der Waals surface area contributed by atoms with Crippen molar-refractivity contribution in [2.45, 2.75) is 12.1 Å². The molecule has 1 aliphatic rings. The first kappa shape index (κ1) is 12.9. The van der Waals surface area contributed by atoms with Crippen molar-refractivity contribution in [3.63, 3.8) is 0 Å². The molecule has 0 saturated carbocycles. The predicted molar refractivity (Wildman–Crippen MR) is 65.7 cm³/mol. The number of carbonyl (C=O) groups is 1. The fraction of sp³-hybridized carbons (Fsp3) is 0.500. The average molecular weight is 271 g/mol. The van der Waals surface area contributed by atoms with E-state index in [4.69, 9.17) is 0 Å². The number of hydrogen-bond acceptors (Lipinski definition) is 6. The molecule has 0 unspecified atom stereocenters. The lowest BCUT2D eigenvalue weighted by atomic mass is 10.1. The Morgan fingerprint density at radius 3 is 2.89 bits per heavy atom. The van der Waals surface area contributed by atoms with Gasteiger partial charge < -0.3 is 15.3 Å². The maximum absolute atomic E-state index is 12.1. The van der Waals surface area contributed by atoms with Crippen molar-refractivity contribution in [1.82, 2.24) is 10.2 Å². The van der Waals surface area contributed by atoms with Gasteiger partial charge in [-0.2, -0.15) is 0 Å². The summed E-state index contributed by atoms with van der Waals surface area (Å²) < 4.78 is 0. The minimum Gasteiger partial charge on any atom is -0.390 e. The van der Waals surface area contributed by atoms with Crippen molar-refractivity contribution in [2.75, 3.05) is 20.1 Å². The van der Waals surface area contributed by atoms with Crippen molar-refractivity contribution in [3.8, 4) is 0 Å². The van der Waals surface area contributed by atoms with E-state index in [0.29, 0.717) is 13.1 Å². The van der Waals surface area contributed by atoms with Gasteiger partial charge in [0, 0.05) is 31.6 Å². The van der Waals surface area contributed by atoms with Gasteiger partial charge in [0.15, 0.2) is 0 Å². The topological polar surface area (TPSA) is 95.7 Å².